The molecule has 1 N–H and O–H groups in total. The maximum Gasteiger partial charge on any atom is 0.412 e. The third-order valence-corrected chi connectivity index (χ3v) is 3.02. The van der Waals surface area contributed by atoms with Gasteiger partial charge in [-0.1, -0.05) is 48.5 Å². The third-order valence-electron chi connectivity index (χ3n) is 3.02. The van der Waals surface area contributed by atoms with Gasteiger partial charge in [-0.25, -0.2) is 4.79 Å². The van der Waals surface area contributed by atoms with Gasteiger partial charge >= 0.3 is 6.09 Å². The Labute approximate surface area is 123 Å². The molecular formula is C17H15NO3. The Morgan fingerprint density at radius 3 is 2.29 bits per heavy atom. The van der Waals surface area contributed by atoms with Crippen molar-refractivity contribution < 1.29 is 14.7 Å². The molecule has 0 atom stereocenters. The van der Waals surface area contributed by atoms with Gasteiger partial charge in [0, 0.05) is 17.7 Å². The highest BCUT2D eigenvalue weighted by atomic mass is 16.4. The van der Waals surface area contributed by atoms with Gasteiger partial charge in [0.05, 0.1) is 5.69 Å². The van der Waals surface area contributed by atoms with Crippen molar-refractivity contribution in [2.45, 2.75) is 0 Å². The summed E-state index contributed by atoms with van der Waals surface area (Å²) >= 11 is 0. The van der Waals surface area contributed by atoms with E-state index in [9.17, 15) is 14.7 Å². The predicted molar refractivity (Wildman–Crippen MR) is 81.9 cm³/mol. The summed E-state index contributed by atoms with van der Waals surface area (Å²) in [5.41, 5.74) is 1.24. The first-order valence-corrected chi connectivity index (χ1v) is 6.45. The lowest BCUT2D eigenvalue weighted by Gasteiger charge is -2.20. The van der Waals surface area contributed by atoms with Crippen molar-refractivity contribution in [1.82, 2.24) is 0 Å². The lowest BCUT2D eigenvalue weighted by Crippen LogP contribution is -2.30. The van der Waals surface area contributed by atoms with Crippen LogP contribution in [0.2, 0.25) is 0 Å². The molecule has 4 heteroatoms. The molecule has 0 radical (unpaired) electrons. The Morgan fingerprint density at radius 1 is 1.05 bits per heavy atom. The van der Waals surface area contributed by atoms with E-state index in [4.69, 9.17) is 0 Å². The summed E-state index contributed by atoms with van der Waals surface area (Å²) in [4.78, 5) is 25.0. The van der Waals surface area contributed by atoms with Gasteiger partial charge in [-0.05, 0) is 12.1 Å². The van der Waals surface area contributed by atoms with Crippen LogP contribution in [0.1, 0.15) is 15.9 Å². The molecule has 0 aliphatic carbocycles. The molecular weight excluding hydrogens is 266 g/mol. The molecule has 0 aliphatic heterocycles. The molecule has 0 spiro atoms. The molecule has 0 fully saturated rings. The minimum Gasteiger partial charge on any atom is -0.465 e. The zero-order valence-corrected chi connectivity index (χ0v) is 11.4. The number of carboxylic acid groups (broad SMARTS) is 1. The predicted octanol–water partition coefficient (Wildman–Crippen LogP) is 3.59. The van der Waals surface area contributed by atoms with E-state index in [1.807, 2.05) is 6.07 Å². The second-order valence-corrected chi connectivity index (χ2v) is 4.39. The number of ketones is 1. The Bertz CT molecular complexity index is 665. The average molecular weight is 281 g/mol. The average Bonchev–Trinajstić information content (AvgIpc) is 2.52. The molecule has 21 heavy (non-hydrogen) atoms. The fourth-order valence-electron chi connectivity index (χ4n) is 2.05. The van der Waals surface area contributed by atoms with Crippen LogP contribution in [-0.4, -0.2) is 23.5 Å². The number of nitrogens with zero attached hydrogens (tertiary/aromatic N) is 1. The van der Waals surface area contributed by atoms with Crippen LogP contribution in [0.5, 0.6) is 0 Å². The normalized spacial score (nSPS) is 9.90. The quantitative estimate of drug-likeness (QED) is 0.673. The molecule has 0 aliphatic rings. The highest BCUT2D eigenvalue weighted by molar-refractivity contribution is 6.13. The molecule has 0 heterocycles. The monoisotopic (exact) mass is 281 g/mol. The topological polar surface area (TPSA) is 57.6 Å². The second kappa shape index (κ2) is 6.52. The van der Waals surface area contributed by atoms with Gasteiger partial charge in [0.15, 0.2) is 5.78 Å². The van der Waals surface area contributed by atoms with E-state index in [1.54, 1.807) is 48.5 Å². The van der Waals surface area contributed by atoms with E-state index in [0.717, 1.165) is 4.90 Å². The van der Waals surface area contributed by atoms with Crippen molar-refractivity contribution in [3.8, 4) is 0 Å². The Hall–Kier alpha value is -2.88. The van der Waals surface area contributed by atoms with E-state index < -0.39 is 6.09 Å². The summed E-state index contributed by atoms with van der Waals surface area (Å²) in [5.74, 6) is -0.207. The number of amides is 1. The Kier molecular flexibility index (Phi) is 4.51. The molecule has 0 saturated carbocycles. The van der Waals surface area contributed by atoms with E-state index in [0.29, 0.717) is 16.8 Å². The maximum atomic E-state index is 12.6. The maximum absolute atomic E-state index is 12.6. The third kappa shape index (κ3) is 3.17. The molecule has 106 valence electrons. The van der Waals surface area contributed by atoms with Crippen molar-refractivity contribution in [1.29, 1.82) is 0 Å². The summed E-state index contributed by atoms with van der Waals surface area (Å²) in [6, 6.07) is 15.4. The molecule has 0 aromatic heterocycles. The van der Waals surface area contributed by atoms with Crippen LogP contribution in [0, 0.1) is 0 Å². The molecule has 2 aromatic carbocycles. The van der Waals surface area contributed by atoms with Crippen molar-refractivity contribution in [2.24, 2.45) is 0 Å². The van der Waals surface area contributed by atoms with Crippen LogP contribution in [0.4, 0.5) is 10.5 Å². The first kappa shape index (κ1) is 14.5. The summed E-state index contributed by atoms with van der Waals surface area (Å²) in [7, 11) is 0. The van der Waals surface area contributed by atoms with E-state index in [2.05, 4.69) is 6.58 Å². The molecule has 2 aromatic rings. The van der Waals surface area contributed by atoms with Crippen LogP contribution in [0.3, 0.4) is 0 Å². The number of carbonyl (C=O) groups is 2. The second-order valence-electron chi connectivity index (χ2n) is 4.39. The largest absolute Gasteiger partial charge is 0.465 e. The first-order chi connectivity index (χ1) is 10.1. The van der Waals surface area contributed by atoms with Gasteiger partial charge in [-0.15, -0.1) is 6.58 Å². The molecule has 0 bridgehead atoms. The van der Waals surface area contributed by atoms with Crippen LogP contribution in [-0.2, 0) is 0 Å². The van der Waals surface area contributed by atoms with Crippen molar-refractivity contribution >= 4 is 17.6 Å². The fourth-order valence-corrected chi connectivity index (χ4v) is 2.05. The van der Waals surface area contributed by atoms with E-state index in [1.165, 1.54) is 6.08 Å². The summed E-state index contributed by atoms with van der Waals surface area (Å²) in [6.45, 7) is 3.67. The number of hydrogen-bond donors (Lipinski definition) is 1. The molecule has 4 nitrogen and oxygen atoms in total. The zero-order chi connectivity index (χ0) is 15.2. The van der Waals surface area contributed by atoms with Crippen LogP contribution in [0.25, 0.3) is 0 Å². The molecule has 0 unspecified atom stereocenters. The lowest BCUT2D eigenvalue weighted by atomic mass is 10.0. The van der Waals surface area contributed by atoms with Crippen LogP contribution < -0.4 is 4.90 Å². The fraction of sp³-hybridized carbons (Fsp3) is 0.0588. The Morgan fingerprint density at radius 2 is 1.67 bits per heavy atom. The van der Waals surface area contributed by atoms with Crippen molar-refractivity contribution in [3.05, 3.63) is 78.4 Å². The van der Waals surface area contributed by atoms with Crippen molar-refractivity contribution in [2.75, 3.05) is 11.4 Å². The highest BCUT2D eigenvalue weighted by Crippen LogP contribution is 2.23. The van der Waals surface area contributed by atoms with Crippen molar-refractivity contribution in [3.63, 3.8) is 0 Å². The standard InChI is InChI=1S/C17H15NO3/c1-2-12-18(17(20)21)15-11-7-6-10-14(15)16(19)13-8-4-3-5-9-13/h2-11H,1,12H2,(H,20,21). The molecule has 2 rings (SSSR count). The number of para-hydroxylation sites is 1. The number of carbonyl (C=O) groups excluding carboxylic acids is 1. The number of hydrogen-bond acceptors (Lipinski definition) is 2. The van der Waals surface area contributed by atoms with Crippen LogP contribution in [0.15, 0.2) is 67.3 Å². The van der Waals surface area contributed by atoms with Gasteiger partial charge in [-0.2, -0.15) is 0 Å². The summed E-state index contributed by atoms with van der Waals surface area (Å²) in [6.07, 6.45) is 0.362. The zero-order valence-electron chi connectivity index (χ0n) is 11.4. The van der Waals surface area contributed by atoms with Gasteiger partial charge in [0.2, 0.25) is 0 Å². The lowest BCUT2D eigenvalue weighted by molar-refractivity contribution is 0.103. The van der Waals surface area contributed by atoms with Gasteiger partial charge in [0.25, 0.3) is 0 Å². The number of rotatable bonds is 5. The van der Waals surface area contributed by atoms with E-state index >= 15 is 0 Å². The Balaban J connectivity index is 2.48. The first-order valence-electron chi connectivity index (χ1n) is 6.45. The SMILES string of the molecule is C=CCN(C(=O)O)c1ccccc1C(=O)c1ccccc1. The number of anilines is 1. The van der Waals surface area contributed by atoms with Gasteiger partial charge in [-0.3, -0.25) is 9.69 Å². The molecule has 1 amide bonds. The van der Waals surface area contributed by atoms with E-state index in [-0.39, 0.29) is 12.3 Å². The van der Waals surface area contributed by atoms with Crippen LogP contribution >= 0.6 is 0 Å². The number of benzene rings is 2. The summed E-state index contributed by atoms with van der Waals surface area (Å²) in [5, 5.41) is 9.30. The van der Waals surface area contributed by atoms with Gasteiger partial charge in [0.1, 0.15) is 0 Å². The van der Waals surface area contributed by atoms with Gasteiger partial charge < -0.3 is 5.11 Å². The minimum atomic E-state index is -1.12. The highest BCUT2D eigenvalue weighted by Gasteiger charge is 2.20. The minimum absolute atomic E-state index is 0.119. The molecule has 0 saturated heterocycles. The smallest absolute Gasteiger partial charge is 0.412 e. The summed E-state index contributed by atoms with van der Waals surface area (Å²) < 4.78 is 0.